The number of carbonyl (C=O) groups is 1. The topological polar surface area (TPSA) is 66.6 Å². The first kappa shape index (κ1) is 13.9. The zero-order valence-corrected chi connectivity index (χ0v) is 12.9. The van der Waals surface area contributed by atoms with Gasteiger partial charge in [0.15, 0.2) is 0 Å². The molecule has 0 aliphatic carbocycles. The van der Waals surface area contributed by atoms with E-state index in [1.54, 1.807) is 17.0 Å². The van der Waals surface area contributed by atoms with Crippen molar-refractivity contribution >= 4 is 33.2 Å². The van der Waals surface area contributed by atoms with E-state index < -0.39 is 0 Å². The summed E-state index contributed by atoms with van der Waals surface area (Å²) in [6, 6.07) is 10.5. The minimum Gasteiger partial charge on any atom is -0.507 e. The van der Waals surface area contributed by atoms with Gasteiger partial charge in [-0.15, -0.1) is 0 Å². The number of hydrogen-bond acceptors (Lipinski definition) is 3. The second-order valence-electron chi connectivity index (χ2n) is 5.11. The highest BCUT2D eigenvalue weighted by Crippen LogP contribution is 2.31. The molecule has 0 bridgehead atoms. The number of nitrogens with zero attached hydrogens (tertiary/aromatic N) is 1. The number of rotatable bonds is 1. The lowest BCUT2D eigenvalue weighted by atomic mass is 10.00. The maximum atomic E-state index is 12.7. The number of aryl methyl sites for hydroxylation is 1. The lowest BCUT2D eigenvalue weighted by molar-refractivity contribution is 0.0984. The first-order valence-corrected chi connectivity index (χ1v) is 7.54. The Hall–Kier alpha value is -2.01. The van der Waals surface area contributed by atoms with Crippen molar-refractivity contribution < 1.29 is 9.90 Å². The van der Waals surface area contributed by atoms with Gasteiger partial charge in [0.05, 0.1) is 4.47 Å². The van der Waals surface area contributed by atoms with Gasteiger partial charge in [-0.1, -0.05) is 6.07 Å². The molecule has 1 aliphatic rings. The smallest absolute Gasteiger partial charge is 0.258 e. The molecule has 0 radical (unpaired) electrons. The van der Waals surface area contributed by atoms with E-state index in [9.17, 15) is 9.90 Å². The molecule has 0 unspecified atom stereocenters. The number of carbonyl (C=O) groups excluding carboxylic acids is 1. The zero-order valence-electron chi connectivity index (χ0n) is 11.3. The van der Waals surface area contributed by atoms with Gasteiger partial charge in [-0.05, 0) is 64.7 Å². The maximum absolute atomic E-state index is 12.7. The molecule has 5 heteroatoms. The maximum Gasteiger partial charge on any atom is 0.258 e. The highest BCUT2D eigenvalue weighted by atomic mass is 79.9. The third-order valence-electron chi connectivity index (χ3n) is 3.67. The number of aromatic hydroxyl groups is 1. The van der Waals surface area contributed by atoms with Crippen molar-refractivity contribution in [3.8, 4) is 5.75 Å². The number of anilines is 2. The molecule has 0 saturated carbocycles. The van der Waals surface area contributed by atoms with Gasteiger partial charge in [0, 0.05) is 23.5 Å². The van der Waals surface area contributed by atoms with Gasteiger partial charge < -0.3 is 15.7 Å². The first-order valence-electron chi connectivity index (χ1n) is 6.75. The normalized spacial score (nSPS) is 13.9. The summed E-state index contributed by atoms with van der Waals surface area (Å²) in [6.45, 7) is 0.659. The van der Waals surface area contributed by atoms with Gasteiger partial charge in [-0.3, -0.25) is 4.79 Å². The number of phenols is 1. The molecule has 0 spiro atoms. The molecular weight excluding hydrogens is 332 g/mol. The number of phenolic OH excluding ortho intramolecular Hbond substituents is 1. The summed E-state index contributed by atoms with van der Waals surface area (Å²) in [6.07, 6.45) is 1.87. The minimum absolute atomic E-state index is 0.0608. The van der Waals surface area contributed by atoms with Gasteiger partial charge in [0.25, 0.3) is 5.91 Å². The van der Waals surface area contributed by atoms with Gasteiger partial charge in [-0.2, -0.15) is 0 Å². The Balaban J connectivity index is 1.99. The van der Waals surface area contributed by atoms with Crippen molar-refractivity contribution in [2.45, 2.75) is 12.8 Å². The highest BCUT2D eigenvalue weighted by molar-refractivity contribution is 9.10. The average Bonchev–Trinajstić information content (AvgIpc) is 2.48. The van der Waals surface area contributed by atoms with Crippen LogP contribution in [0.3, 0.4) is 0 Å². The molecule has 0 aromatic heterocycles. The van der Waals surface area contributed by atoms with Crippen molar-refractivity contribution in [3.63, 3.8) is 0 Å². The van der Waals surface area contributed by atoms with Crippen LogP contribution in [0.1, 0.15) is 22.3 Å². The molecule has 0 atom stereocenters. The fourth-order valence-corrected chi connectivity index (χ4v) is 2.85. The molecule has 3 rings (SSSR count). The number of benzene rings is 2. The molecule has 3 N–H and O–H groups in total. The fraction of sp³-hybridized carbons (Fsp3) is 0.188. The summed E-state index contributed by atoms with van der Waals surface area (Å²) in [5.41, 5.74) is 8.95. The van der Waals surface area contributed by atoms with Crippen LogP contribution >= 0.6 is 15.9 Å². The molecule has 0 saturated heterocycles. The van der Waals surface area contributed by atoms with Crippen molar-refractivity contribution in [3.05, 3.63) is 52.0 Å². The van der Waals surface area contributed by atoms with E-state index in [2.05, 4.69) is 15.9 Å². The SMILES string of the molecule is Nc1ccc2c(c1)N(C(=O)c1ccc(Br)c(O)c1)CCC2. The van der Waals surface area contributed by atoms with Crippen LogP contribution in [0, 0.1) is 0 Å². The molecule has 2 aromatic rings. The van der Waals surface area contributed by atoms with E-state index in [0.717, 1.165) is 24.1 Å². The van der Waals surface area contributed by atoms with Crippen LogP contribution in [0.4, 0.5) is 11.4 Å². The van der Waals surface area contributed by atoms with Crippen LogP contribution in [0.5, 0.6) is 5.75 Å². The third-order valence-corrected chi connectivity index (χ3v) is 4.34. The molecular formula is C16H15BrN2O2. The monoisotopic (exact) mass is 346 g/mol. The summed E-state index contributed by atoms with van der Waals surface area (Å²) in [7, 11) is 0. The molecule has 1 aliphatic heterocycles. The number of fused-ring (bicyclic) bond motifs is 1. The van der Waals surface area contributed by atoms with Crippen LogP contribution < -0.4 is 10.6 Å². The predicted molar refractivity (Wildman–Crippen MR) is 86.7 cm³/mol. The average molecular weight is 347 g/mol. The number of hydrogen-bond donors (Lipinski definition) is 2. The summed E-state index contributed by atoms with van der Waals surface area (Å²) >= 11 is 3.22. The second-order valence-corrected chi connectivity index (χ2v) is 5.97. The summed E-state index contributed by atoms with van der Waals surface area (Å²) in [5.74, 6) is -0.0602. The molecule has 108 valence electrons. The Morgan fingerprint density at radius 2 is 2.05 bits per heavy atom. The van der Waals surface area contributed by atoms with Gasteiger partial charge >= 0.3 is 0 Å². The van der Waals surface area contributed by atoms with Crippen LogP contribution in [-0.2, 0) is 6.42 Å². The van der Waals surface area contributed by atoms with E-state index in [0.29, 0.717) is 22.3 Å². The van der Waals surface area contributed by atoms with Gasteiger partial charge in [0.2, 0.25) is 0 Å². The van der Waals surface area contributed by atoms with Crippen LogP contribution in [-0.4, -0.2) is 17.6 Å². The minimum atomic E-state index is -0.121. The Morgan fingerprint density at radius 3 is 2.81 bits per heavy atom. The number of nitrogens with two attached hydrogens (primary N) is 1. The first-order chi connectivity index (χ1) is 10.1. The molecule has 1 amide bonds. The summed E-state index contributed by atoms with van der Waals surface area (Å²) in [4.78, 5) is 14.4. The van der Waals surface area contributed by atoms with Crippen LogP contribution in [0.15, 0.2) is 40.9 Å². The summed E-state index contributed by atoms with van der Waals surface area (Å²) < 4.78 is 0.572. The van der Waals surface area contributed by atoms with Gasteiger partial charge in [0.1, 0.15) is 5.75 Å². The van der Waals surface area contributed by atoms with Crippen molar-refractivity contribution in [2.24, 2.45) is 0 Å². The van der Waals surface area contributed by atoms with E-state index in [-0.39, 0.29) is 11.7 Å². The van der Waals surface area contributed by atoms with Gasteiger partial charge in [-0.25, -0.2) is 0 Å². The van der Waals surface area contributed by atoms with Crippen LogP contribution in [0.2, 0.25) is 0 Å². The lowest BCUT2D eigenvalue weighted by Gasteiger charge is -2.30. The third kappa shape index (κ3) is 2.61. The highest BCUT2D eigenvalue weighted by Gasteiger charge is 2.24. The number of halogens is 1. The van der Waals surface area contributed by atoms with E-state index >= 15 is 0 Å². The van der Waals surface area contributed by atoms with Crippen LogP contribution in [0.25, 0.3) is 0 Å². The Morgan fingerprint density at radius 1 is 1.24 bits per heavy atom. The van der Waals surface area contributed by atoms with Crippen molar-refractivity contribution in [2.75, 3.05) is 17.2 Å². The molecule has 21 heavy (non-hydrogen) atoms. The van der Waals surface area contributed by atoms with E-state index in [1.807, 2.05) is 18.2 Å². The Bertz CT molecular complexity index is 715. The van der Waals surface area contributed by atoms with Crippen molar-refractivity contribution in [1.82, 2.24) is 0 Å². The standard InChI is InChI=1S/C16H15BrN2O2/c17-13-6-4-11(8-15(13)20)16(21)19-7-1-2-10-3-5-12(18)9-14(10)19/h3-6,8-9,20H,1-2,7,18H2. The molecule has 1 heterocycles. The lowest BCUT2D eigenvalue weighted by Crippen LogP contribution is -2.35. The largest absolute Gasteiger partial charge is 0.507 e. The van der Waals surface area contributed by atoms with E-state index in [1.165, 1.54) is 6.07 Å². The quantitative estimate of drug-likeness (QED) is 0.778. The number of amides is 1. The second kappa shape index (κ2) is 5.41. The van der Waals surface area contributed by atoms with E-state index in [4.69, 9.17) is 5.73 Å². The fourth-order valence-electron chi connectivity index (χ4n) is 2.60. The summed E-state index contributed by atoms with van der Waals surface area (Å²) in [5, 5.41) is 9.75. The zero-order chi connectivity index (χ0) is 15.0. The molecule has 0 fully saturated rings. The Kier molecular flexibility index (Phi) is 3.59. The predicted octanol–water partition coefficient (Wildman–Crippen LogP) is 3.33. The molecule has 4 nitrogen and oxygen atoms in total. The number of nitrogen functional groups attached to an aromatic ring is 1. The van der Waals surface area contributed by atoms with Crippen molar-refractivity contribution in [1.29, 1.82) is 0 Å². The Labute approximate surface area is 131 Å². The molecule has 2 aromatic carbocycles.